The van der Waals surface area contributed by atoms with Crippen LogP contribution in [0.5, 0.6) is 0 Å². The van der Waals surface area contributed by atoms with Gasteiger partial charge in [0, 0.05) is 11.4 Å². The number of rotatable bonds is 5. The van der Waals surface area contributed by atoms with Crippen LogP contribution in [0.25, 0.3) is 22.3 Å². The fraction of sp³-hybridized carbons (Fsp3) is 0.577. The summed E-state index contributed by atoms with van der Waals surface area (Å²) >= 11 is 4.54. The molecule has 0 aromatic carbocycles. The van der Waals surface area contributed by atoms with Crippen LogP contribution in [0.4, 0.5) is 16.0 Å². The Bertz CT molecular complexity index is 2090. The standard InChI is InChI=1S/C26H33FN10O11P2S2/c1-26(2,3)25(39)42-10-52-50(41)44-5-12-17(13(27)23(46-12)36-8-34-14-19(28)30-6-32-21(14)36)47-49(40,51)43-4-11-16(38)18(48-50)24(45-11)37-9-35-15-20(29)31-7-33-22(15)37/h6-9,11-13,16-18,23-24,38H,4-5,10H2,1-3H3,(H,40,51)(H2,28,30,32)(H2,29,31,33)/t11?,12?,13?,16-,17?,18-,23?,24+,49?,50?/m0/s1. The van der Waals surface area contributed by atoms with E-state index in [9.17, 15) is 19.0 Å². The van der Waals surface area contributed by atoms with Crippen LogP contribution in [0.2, 0.25) is 0 Å². The third-order valence-electron chi connectivity index (χ3n) is 8.22. The summed E-state index contributed by atoms with van der Waals surface area (Å²) < 4.78 is 87.6. The number of aliphatic hydroxyl groups is 1. The number of nitrogen functional groups attached to an aromatic ring is 2. The Hall–Kier alpha value is -3.02. The molecule has 0 saturated carbocycles. The zero-order valence-corrected chi connectivity index (χ0v) is 30.9. The van der Waals surface area contributed by atoms with E-state index in [4.69, 9.17) is 43.8 Å². The first-order valence-electron chi connectivity index (χ1n) is 15.4. The quantitative estimate of drug-likeness (QED) is 0.0976. The van der Waals surface area contributed by atoms with Crippen molar-refractivity contribution in [2.75, 3.05) is 30.6 Å². The minimum atomic E-state index is -4.54. The van der Waals surface area contributed by atoms with E-state index >= 15 is 4.39 Å². The molecule has 0 radical (unpaired) electrons. The first-order chi connectivity index (χ1) is 24.6. The molecule has 3 fully saturated rings. The lowest BCUT2D eigenvalue weighted by molar-refractivity contribution is -0.150. The van der Waals surface area contributed by atoms with Crippen LogP contribution >= 0.6 is 37.2 Å². The molecule has 282 valence electrons. The van der Waals surface area contributed by atoms with Gasteiger partial charge in [-0.05, 0) is 20.8 Å². The van der Waals surface area contributed by atoms with Crippen molar-refractivity contribution in [3.05, 3.63) is 25.3 Å². The Kier molecular flexibility index (Phi) is 10.0. The van der Waals surface area contributed by atoms with E-state index in [1.165, 1.54) is 28.1 Å². The number of thiol groups is 1. The average molecular weight is 807 g/mol. The zero-order chi connectivity index (χ0) is 37.2. The number of esters is 1. The minimum absolute atomic E-state index is 0.0341. The summed E-state index contributed by atoms with van der Waals surface area (Å²) in [4.78, 5) is 37.1. The van der Waals surface area contributed by atoms with Gasteiger partial charge < -0.3 is 30.8 Å². The molecule has 3 saturated heterocycles. The second-order valence-corrected chi connectivity index (χ2v) is 19.7. The molecule has 7 rings (SSSR count). The van der Waals surface area contributed by atoms with Gasteiger partial charge >= 0.3 is 19.6 Å². The minimum Gasteiger partial charge on any atom is -0.454 e. The number of hydrogen-bond acceptors (Lipinski definition) is 20. The largest absolute Gasteiger partial charge is 0.454 e. The van der Waals surface area contributed by atoms with Gasteiger partial charge in [-0.2, -0.15) is 0 Å². The van der Waals surface area contributed by atoms with Gasteiger partial charge in [0.2, 0.25) is 0 Å². The normalized spacial score (nSPS) is 34.4. The van der Waals surface area contributed by atoms with Crippen LogP contribution in [0.1, 0.15) is 33.2 Å². The smallest absolute Gasteiger partial charge is 0.392 e. The highest BCUT2D eigenvalue weighted by atomic mass is 32.7. The van der Waals surface area contributed by atoms with Crippen molar-refractivity contribution < 1.29 is 55.7 Å². The van der Waals surface area contributed by atoms with E-state index in [0.29, 0.717) is 11.4 Å². The van der Waals surface area contributed by atoms with E-state index in [0.717, 1.165) is 6.33 Å². The summed E-state index contributed by atoms with van der Waals surface area (Å²) in [5.41, 5.74) is 11.6. The van der Waals surface area contributed by atoms with Gasteiger partial charge in [0.1, 0.15) is 60.1 Å². The predicted octanol–water partition coefficient (Wildman–Crippen LogP) is 2.57. The summed E-state index contributed by atoms with van der Waals surface area (Å²) in [6.45, 7) is -5.43. The number of aliphatic hydroxyl groups excluding tert-OH is 1. The van der Waals surface area contributed by atoms with E-state index in [1.54, 1.807) is 20.8 Å². The number of nitrogens with two attached hydrogens (primary N) is 2. The Balaban J connectivity index is 1.23. The summed E-state index contributed by atoms with van der Waals surface area (Å²) in [6.07, 6.45) is -7.59. The van der Waals surface area contributed by atoms with Crippen LogP contribution in [0, 0.1) is 5.41 Å². The molecule has 26 heteroatoms. The molecular formula is C26H33FN10O11P2S2. The van der Waals surface area contributed by atoms with Crippen molar-refractivity contribution >= 4 is 77.2 Å². The Morgan fingerprint density at radius 2 is 1.52 bits per heavy atom. The number of aromatic nitrogens is 8. The maximum Gasteiger partial charge on any atom is 0.392 e. The number of ether oxygens (including phenoxy) is 3. The maximum atomic E-state index is 16.3. The molecule has 3 aliphatic rings. The molecule has 7 heterocycles. The zero-order valence-electron chi connectivity index (χ0n) is 27.4. The molecule has 52 heavy (non-hydrogen) atoms. The molecule has 2 bridgehead atoms. The molecule has 7 unspecified atom stereocenters. The fourth-order valence-electron chi connectivity index (χ4n) is 5.61. The summed E-state index contributed by atoms with van der Waals surface area (Å²) in [7, 11) is 0. The lowest BCUT2D eigenvalue weighted by Gasteiger charge is -2.28. The molecule has 4 aromatic heterocycles. The van der Waals surface area contributed by atoms with Crippen molar-refractivity contribution in [1.29, 1.82) is 0 Å². The van der Waals surface area contributed by atoms with Gasteiger partial charge in [0.25, 0.3) is 0 Å². The van der Waals surface area contributed by atoms with Crippen LogP contribution in [0.15, 0.2) is 25.3 Å². The third kappa shape index (κ3) is 7.14. The number of fused-ring (bicyclic) bond motifs is 5. The van der Waals surface area contributed by atoms with Gasteiger partial charge in [-0.3, -0.25) is 32.0 Å². The van der Waals surface area contributed by atoms with Crippen LogP contribution in [-0.2, 0) is 46.2 Å². The molecule has 3 aliphatic heterocycles. The first kappa shape index (κ1) is 37.3. The molecule has 21 nitrogen and oxygen atoms in total. The number of hydrogen-bond donors (Lipinski definition) is 4. The number of imidazole rings is 2. The lowest BCUT2D eigenvalue weighted by atomic mass is 9.98. The van der Waals surface area contributed by atoms with E-state index in [-0.39, 0.29) is 34.0 Å². The molecular weight excluding hydrogens is 773 g/mol. The van der Waals surface area contributed by atoms with Gasteiger partial charge in [0.15, 0.2) is 41.6 Å². The van der Waals surface area contributed by atoms with Gasteiger partial charge in [-0.15, -0.1) is 0 Å². The Morgan fingerprint density at radius 3 is 2.13 bits per heavy atom. The average Bonchev–Trinajstić information content (AvgIpc) is 3.84. The van der Waals surface area contributed by atoms with Crippen molar-refractivity contribution in [2.45, 2.75) is 69.9 Å². The molecule has 0 spiro atoms. The second kappa shape index (κ2) is 14.0. The Morgan fingerprint density at radius 1 is 0.942 bits per heavy atom. The van der Waals surface area contributed by atoms with Crippen molar-refractivity contribution in [3.8, 4) is 0 Å². The molecule has 5 N–H and O–H groups in total. The van der Waals surface area contributed by atoms with Gasteiger partial charge in [-0.1, -0.05) is 12.2 Å². The molecule has 0 amide bonds. The fourth-order valence-corrected chi connectivity index (χ4v) is 9.87. The third-order valence-corrected chi connectivity index (χ3v) is 13.2. The van der Waals surface area contributed by atoms with Crippen LogP contribution < -0.4 is 11.5 Å². The summed E-state index contributed by atoms with van der Waals surface area (Å²) in [5.74, 6) is -1.04. The molecule has 4 aromatic rings. The van der Waals surface area contributed by atoms with Crippen LogP contribution in [-0.4, -0.2) is 106 Å². The Labute approximate surface area is 302 Å². The number of carbonyl (C=O) groups is 1. The van der Waals surface area contributed by atoms with Crippen molar-refractivity contribution in [1.82, 2.24) is 39.0 Å². The molecule has 0 aliphatic carbocycles. The number of anilines is 2. The highest BCUT2D eigenvalue weighted by Gasteiger charge is 2.54. The number of alkyl halides is 1. The second-order valence-electron chi connectivity index (χ2n) is 12.8. The number of carbonyl (C=O) groups excluding carboxylic acids is 1. The van der Waals surface area contributed by atoms with E-state index < -0.39 is 93.3 Å². The predicted molar refractivity (Wildman–Crippen MR) is 182 cm³/mol. The number of nitrogens with zero attached hydrogens (tertiary/aromatic N) is 8. The van der Waals surface area contributed by atoms with Crippen molar-refractivity contribution in [3.63, 3.8) is 0 Å². The number of halogens is 1. The van der Waals surface area contributed by atoms with Gasteiger partial charge in [0.05, 0.1) is 31.3 Å². The monoisotopic (exact) mass is 806 g/mol. The van der Waals surface area contributed by atoms with Gasteiger partial charge in [-0.25, -0.2) is 43.4 Å². The SMILES string of the molecule is CC(C)(C)C(=O)OCSP1(=O)OCC2OC(n3cnc4c(N)ncnc43)C(F)C2OP(=O)(S)OCC2O[C@@H](n3cnc4c(N)ncnc43)[C@@H](O1)[C@H]2O. The topological polar surface area (TPSA) is 275 Å². The lowest BCUT2D eigenvalue weighted by Crippen LogP contribution is -2.35. The van der Waals surface area contributed by atoms with Crippen LogP contribution in [0.3, 0.4) is 0 Å². The van der Waals surface area contributed by atoms with E-state index in [1.807, 2.05) is 0 Å². The highest BCUT2D eigenvalue weighted by Crippen LogP contribution is 2.64. The summed E-state index contributed by atoms with van der Waals surface area (Å²) in [6, 6.07) is 0. The molecule has 10 atom stereocenters. The summed E-state index contributed by atoms with van der Waals surface area (Å²) in [5, 5.41) is 11.5. The van der Waals surface area contributed by atoms with Crippen molar-refractivity contribution in [2.24, 2.45) is 5.41 Å². The van der Waals surface area contributed by atoms with E-state index in [2.05, 4.69) is 42.2 Å². The highest BCUT2D eigenvalue weighted by molar-refractivity contribution is 8.55. The maximum absolute atomic E-state index is 16.3. The first-order valence-corrected chi connectivity index (χ1v) is 21.3.